The van der Waals surface area contributed by atoms with E-state index in [0.717, 1.165) is 16.5 Å². The summed E-state index contributed by atoms with van der Waals surface area (Å²) in [7, 11) is 5.48. The lowest BCUT2D eigenvalue weighted by Gasteiger charge is -2.42. The first-order valence-electron chi connectivity index (χ1n) is 13.4. The normalized spacial score (nSPS) is 16.0. The largest absolute Gasteiger partial charge is 0.416 e. The van der Waals surface area contributed by atoms with E-state index in [-0.39, 0.29) is 69.4 Å². The smallest absolute Gasteiger partial charge is 0.361 e. The fourth-order valence-corrected chi connectivity index (χ4v) is 5.09. The summed E-state index contributed by atoms with van der Waals surface area (Å²) in [4.78, 5) is 36.4. The molecule has 1 fully saturated rings. The lowest BCUT2D eigenvalue weighted by atomic mass is 9.98. The summed E-state index contributed by atoms with van der Waals surface area (Å²) in [6.07, 6.45) is -8.09. The predicted octanol–water partition coefficient (Wildman–Crippen LogP) is 5.44. The Morgan fingerprint density at radius 3 is 2.11 bits per heavy atom. The van der Waals surface area contributed by atoms with Crippen LogP contribution in [0.5, 0.6) is 0 Å². The summed E-state index contributed by atoms with van der Waals surface area (Å²) in [5.41, 5.74) is -2.08. The molecule has 0 unspecified atom stereocenters. The molecule has 0 aliphatic carbocycles. The van der Waals surface area contributed by atoms with Gasteiger partial charge in [-0.05, 0) is 50.3 Å². The second kappa shape index (κ2) is 14.9. The van der Waals surface area contributed by atoms with E-state index in [0.29, 0.717) is 25.2 Å². The van der Waals surface area contributed by atoms with Gasteiger partial charge in [0.15, 0.2) is 0 Å². The number of nitrogens with zero attached hydrogens (tertiary/aromatic N) is 4. The van der Waals surface area contributed by atoms with E-state index in [1.165, 1.54) is 4.90 Å². The van der Waals surface area contributed by atoms with Gasteiger partial charge in [-0.3, -0.25) is 14.5 Å². The van der Waals surface area contributed by atoms with Crippen molar-refractivity contribution in [2.75, 3.05) is 60.4 Å². The van der Waals surface area contributed by atoms with Gasteiger partial charge in [0, 0.05) is 68.5 Å². The number of carbonyl (C=O) groups excluding carboxylic acids is 2. The lowest BCUT2D eigenvalue weighted by molar-refractivity contribution is -0.143. The molecule has 7 nitrogen and oxygen atoms in total. The third-order valence-electron chi connectivity index (χ3n) is 7.46. The van der Waals surface area contributed by atoms with Crippen molar-refractivity contribution >= 4 is 47.5 Å². The van der Waals surface area contributed by atoms with Crippen LogP contribution in [0.15, 0.2) is 48.7 Å². The Labute approximate surface area is 264 Å². The van der Waals surface area contributed by atoms with Gasteiger partial charge in [-0.15, -0.1) is 24.8 Å². The lowest BCUT2D eigenvalue weighted by Crippen LogP contribution is -2.57. The van der Waals surface area contributed by atoms with E-state index in [1.54, 1.807) is 18.1 Å². The Kier molecular flexibility index (Phi) is 12.6. The first-order valence-corrected chi connectivity index (χ1v) is 13.4. The molecule has 0 radical (unpaired) electrons. The van der Waals surface area contributed by atoms with Crippen molar-refractivity contribution in [3.05, 3.63) is 70.9 Å². The van der Waals surface area contributed by atoms with Crippen molar-refractivity contribution in [3.63, 3.8) is 0 Å². The van der Waals surface area contributed by atoms with Gasteiger partial charge >= 0.3 is 12.4 Å². The molecule has 1 aliphatic rings. The van der Waals surface area contributed by atoms with Crippen LogP contribution in [0.2, 0.25) is 0 Å². The number of halogens is 8. The molecule has 1 N–H and O–H groups in total. The molecule has 44 heavy (non-hydrogen) atoms. The number of hydrogen-bond acceptors (Lipinski definition) is 4. The van der Waals surface area contributed by atoms with E-state index in [4.69, 9.17) is 0 Å². The van der Waals surface area contributed by atoms with Crippen molar-refractivity contribution in [1.29, 1.82) is 0 Å². The first kappa shape index (κ1) is 37.2. The Morgan fingerprint density at radius 2 is 1.52 bits per heavy atom. The molecular formula is C29H35Cl2F6N5O2. The highest BCUT2D eigenvalue weighted by atomic mass is 35.5. The van der Waals surface area contributed by atoms with Crippen LogP contribution in [0.3, 0.4) is 0 Å². The van der Waals surface area contributed by atoms with Crippen LogP contribution in [0.1, 0.15) is 27.0 Å². The molecular weight excluding hydrogens is 635 g/mol. The fourth-order valence-electron chi connectivity index (χ4n) is 5.09. The monoisotopic (exact) mass is 669 g/mol. The Morgan fingerprint density at radius 1 is 0.909 bits per heavy atom. The number of alkyl halides is 6. The molecule has 2 heterocycles. The minimum atomic E-state index is -5.07. The molecule has 2 aromatic carbocycles. The molecule has 1 aliphatic heterocycles. The summed E-state index contributed by atoms with van der Waals surface area (Å²) in [5, 5.41) is 0.889. The second-order valence-corrected chi connectivity index (χ2v) is 10.9. The van der Waals surface area contributed by atoms with Crippen LogP contribution < -0.4 is 0 Å². The van der Waals surface area contributed by atoms with E-state index in [9.17, 15) is 35.9 Å². The maximum atomic E-state index is 13.6. The average molecular weight is 671 g/mol. The summed E-state index contributed by atoms with van der Waals surface area (Å²) < 4.78 is 81.1. The number of benzene rings is 2. The number of para-hydroxylation sites is 1. The van der Waals surface area contributed by atoms with Gasteiger partial charge in [0.2, 0.25) is 5.91 Å². The minimum Gasteiger partial charge on any atom is -0.361 e. The van der Waals surface area contributed by atoms with Crippen molar-refractivity contribution in [2.45, 2.75) is 24.8 Å². The maximum Gasteiger partial charge on any atom is 0.416 e. The van der Waals surface area contributed by atoms with Crippen LogP contribution in [0, 0.1) is 0 Å². The molecule has 4 rings (SSSR count). The van der Waals surface area contributed by atoms with Crippen molar-refractivity contribution in [2.24, 2.45) is 0 Å². The topological polar surface area (TPSA) is 62.9 Å². The van der Waals surface area contributed by atoms with Gasteiger partial charge in [0.25, 0.3) is 5.91 Å². The van der Waals surface area contributed by atoms with Crippen LogP contribution in [-0.2, 0) is 23.6 Å². The Hall–Kier alpha value is -3.00. The molecule has 2 amide bonds. The van der Waals surface area contributed by atoms with Crippen LogP contribution in [-0.4, -0.2) is 103 Å². The third-order valence-corrected chi connectivity index (χ3v) is 7.46. The zero-order chi connectivity index (χ0) is 30.8. The van der Waals surface area contributed by atoms with Gasteiger partial charge in [0.1, 0.15) is 0 Å². The summed E-state index contributed by atoms with van der Waals surface area (Å²) in [6.45, 7) is 1.72. The van der Waals surface area contributed by atoms with Crippen LogP contribution >= 0.6 is 24.8 Å². The average Bonchev–Trinajstić information content (AvgIpc) is 3.33. The number of H-pyrrole nitrogens is 1. The van der Waals surface area contributed by atoms with E-state index in [2.05, 4.69) is 4.98 Å². The first-order chi connectivity index (χ1) is 19.6. The summed E-state index contributed by atoms with van der Waals surface area (Å²) in [5.74, 6) is -1.05. The van der Waals surface area contributed by atoms with Gasteiger partial charge < -0.3 is 19.7 Å². The molecule has 1 saturated heterocycles. The number of hydrogen-bond donors (Lipinski definition) is 1. The number of aromatic nitrogens is 1. The quantitative estimate of drug-likeness (QED) is 0.325. The number of piperazine rings is 1. The number of likely N-dealkylation sites (N-methyl/N-ethyl adjacent to an activating group) is 2. The summed E-state index contributed by atoms with van der Waals surface area (Å²) >= 11 is 0. The van der Waals surface area contributed by atoms with Gasteiger partial charge in [-0.1, -0.05) is 18.2 Å². The highest BCUT2D eigenvalue weighted by Crippen LogP contribution is 2.37. The number of nitrogens with one attached hydrogen (secondary N) is 1. The molecule has 3 aromatic rings. The third kappa shape index (κ3) is 9.02. The van der Waals surface area contributed by atoms with Gasteiger partial charge in [0.05, 0.1) is 17.7 Å². The fraction of sp³-hybridized carbons (Fsp3) is 0.448. The minimum absolute atomic E-state index is 0. The molecule has 244 valence electrons. The van der Waals surface area contributed by atoms with Crippen molar-refractivity contribution in [3.8, 4) is 0 Å². The van der Waals surface area contributed by atoms with Crippen molar-refractivity contribution in [1.82, 2.24) is 24.6 Å². The molecule has 15 heteroatoms. The second-order valence-electron chi connectivity index (χ2n) is 10.9. The zero-order valence-electron chi connectivity index (χ0n) is 24.3. The summed E-state index contributed by atoms with van der Waals surface area (Å²) in [6, 6.07) is 7.79. The van der Waals surface area contributed by atoms with E-state index < -0.39 is 41.0 Å². The maximum absolute atomic E-state index is 13.6. The molecule has 1 aromatic heterocycles. The number of fused-ring (bicyclic) bond motifs is 1. The highest BCUT2D eigenvalue weighted by Gasteiger charge is 2.39. The Bertz CT molecular complexity index is 1400. The van der Waals surface area contributed by atoms with E-state index >= 15 is 0 Å². The van der Waals surface area contributed by atoms with Gasteiger partial charge in [-0.25, -0.2) is 0 Å². The molecule has 1 atom stereocenters. The molecule has 0 spiro atoms. The predicted molar refractivity (Wildman–Crippen MR) is 160 cm³/mol. The Balaban J connectivity index is 0.00000337. The van der Waals surface area contributed by atoms with Crippen molar-refractivity contribution < 1.29 is 35.9 Å². The highest BCUT2D eigenvalue weighted by molar-refractivity contribution is 5.95. The number of aromatic amines is 1. The molecule has 0 saturated carbocycles. The zero-order valence-corrected chi connectivity index (χ0v) is 26.0. The number of carbonyl (C=O) groups is 2. The van der Waals surface area contributed by atoms with Crippen LogP contribution in [0.25, 0.3) is 10.9 Å². The van der Waals surface area contributed by atoms with E-state index in [1.807, 2.05) is 48.2 Å². The molecule has 0 bridgehead atoms. The number of rotatable bonds is 8. The standard InChI is InChI=1S/C29H33F6N5O2.2ClH/c1-37(2)8-9-38(3)26(41)18-39-10-11-40(23(17-39)14-20-16-36-25-7-5-4-6-24(20)25)27(42)19-12-21(28(30,31)32)15-22(13-19)29(33,34)35;;/h4-7,12-13,15-16,23,36H,8-11,14,17-18H2,1-3H3;2*1H/t23-;;/m1../s1. The SMILES string of the molecule is CN(C)CCN(C)C(=O)CN1CCN(C(=O)c2cc(C(F)(F)F)cc(C(F)(F)F)c2)[C@H](Cc2c[nH]c3ccccc23)C1.Cl.Cl. The van der Waals surface area contributed by atoms with Crippen LogP contribution in [0.4, 0.5) is 26.3 Å². The number of amides is 2. The van der Waals surface area contributed by atoms with Gasteiger partial charge in [-0.2, -0.15) is 26.3 Å².